The predicted molar refractivity (Wildman–Crippen MR) is 120 cm³/mol. The SMILES string of the molecule is COc1ccc(NC(=O)CN2CCC(C(=O)NCCc3ccccc3)CC2)cc1OC. The van der Waals surface area contributed by atoms with Gasteiger partial charge in [0.25, 0.3) is 0 Å². The van der Waals surface area contributed by atoms with Crippen molar-refractivity contribution in [2.24, 2.45) is 5.92 Å². The highest BCUT2D eigenvalue weighted by Crippen LogP contribution is 2.29. The Morgan fingerprint density at radius 3 is 2.39 bits per heavy atom. The van der Waals surface area contributed by atoms with Crippen LogP contribution >= 0.6 is 0 Å². The van der Waals surface area contributed by atoms with E-state index in [1.807, 2.05) is 18.2 Å². The predicted octanol–water partition coefficient (Wildman–Crippen LogP) is 2.71. The van der Waals surface area contributed by atoms with Crippen LogP contribution in [0.2, 0.25) is 0 Å². The number of hydrogen-bond acceptors (Lipinski definition) is 5. The molecule has 1 saturated heterocycles. The molecule has 0 saturated carbocycles. The first-order valence-corrected chi connectivity index (χ1v) is 10.6. The second kappa shape index (κ2) is 11.4. The van der Waals surface area contributed by atoms with Crippen molar-refractivity contribution < 1.29 is 19.1 Å². The van der Waals surface area contributed by atoms with Gasteiger partial charge in [0.1, 0.15) is 0 Å². The van der Waals surface area contributed by atoms with Gasteiger partial charge in [-0.25, -0.2) is 0 Å². The van der Waals surface area contributed by atoms with E-state index in [0.29, 0.717) is 30.3 Å². The number of nitrogens with zero attached hydrogens (tertiary/aromatic N) is 1. The third-order valence-electron chi connectivity index (χ3n) is 5.55. The molecule has 2 aromatic carbocycles. The summed E-state index contributed by atoms with van der Waals surface area (Å²) in [7, 11) is 3.13. The van der Waals surface area contributed by atoms with Crippen molar-refractivity contribution in [3.63, 3.8) is 0 Å². The van der Waals surface area contributed by atoms with Gasteiger partial charge >= 0.3 is 0 Å². The molecular weight excluding hydrogens is 394 g/mol. The molecule has 0 atom stereocenters. The quantitative estimate of drug-likeness (QED) is 0.646. The van der Waals surface area contributed by atoms with Crippen LogP contribution in [0.3, 0.4) is 0 Å². The van der Waals surface area contributed by atoms with Crippen molar-refractivity contribution in [3.8, 4) is 11.5 Å². The lowest BCUT2D eigenvalue weighted by molar-refractivity contribution is -0.126. The normalized spacial score (nSPS) is 14.6. The minimum absolute atomic E-state index is 0.0148. The van der Waals surface area contributed by atoms with Crippen LogP contribution in [0, 0.1) is 5.92 Å². The van der Waals surface area contributed by atoms with Crippen molar-refractivity contribution in [1.82, 2.24) is 10.2 Å². The fourth-order valence-electron chi connectivity index (χ4n) is 3.79. The Kier molecular flexibility index (Phi) is 8.29. The van der Waals surface area contributed by atoms with Crippen LogP contribution in [0.4, 0.5) is 5.69 Å². The van der Waals surface area contributed by atoms with Gasteiger partial charge < -0.3 is 20.1 Å². The van der Waals surface area contributed by atoms with E-state index in [4.69, 9.17) is 9.47 Å². The highest BCUT2D eigenvalue weighted by molar-refractivity contribution is 5.92. The maximum absolute atomic E-state index is 12.4. The van der Waals surface area contributed by atoms with Crippen LogP contribution in [-0.2, 0) is 16.0 Å². The summed E-state index contributed by atoms with van der Waals surface area (Å²) in [5.41, 5.74) is 1.88. The van der Waals surface area contributed by atoms with Crippen molar-refractivity contribution in [2.45, 2.75) is 19.3 Å². The van der Waals surface area contributed by atoms with E-state index < -0.39 is 0 Å². The maximum Gasteiger partial charge on any atom is 0.238 e. The van der Waals surface area contributed by atoms with Crippen LogP contribution in [0.1, 0.15) is 18.4 Å². The Hall–Kier alpha value is -3.06. The van der Waals surface area contributed by atoms with Crippen LogP contribution in [-0.4, -0.2) is 57.1 Å². The zero-order valence-electron chi connectivity index (χ0n) is 18.2. The fraction of sp³-hybridized carbons (Fsp3) is 0.417. The van der Waals surface area contributed by atoms with E-state index in [1.54, 1.807) is 32.4 Å². The first kappa shape index (κ1) is 22.6. The highest BCUT2D eigenvalue weighted by atomic mass is 16.5. The summed E-state index contributed by atoms with van der Waals surface area (Å²) in [6, 6.07) is 15.4. The number of amides is 2. The number of hydrogen-bond donors (Lipinski definition) is 2. The standard InChI is InChI=1S/C24H31N3O4/c1-30-21-9-8-20(16-22(21)31-2)26-23(28)17-27-14-11-19(12-15-27)24(29)25-13-10-18-6-4-3-5-7-18/h3-9,16,19H,10-15,17H2,1-2H3,(H,25,29)(H,26,28). The summed E-state index contributed by atoms with van der Waals surface area (Å²) in [4.78, 5) is 26.9. The summed E-state index contributed by atoms with van der Waals surface area (Å²) < 4.78 is 10.5. The Morgan fingerprint density at radius 1 is 1.00 bits per heavy atom. The van der Waals surface area contributed by atoms with Crippen LogP contribution < -0.4 is 20.1 Å². The Labute approximate surface area is 183 Å². The second-order valence-corrected chi connectivity index (χ2v) is 7.69. The Bertz CT molecular complexity index is 864. The van der Waals surface area contributed by atoms with Gasteiger partial charge in [-0.05, 0) is 50.0 Å². The average Bonchev–Trinajstić information content (AvgIpc) is 2.80. The molecule has 0 unspecified atom stereocenters. The van der Waals surface area contributed by atoms with Gasteiger partial charge in [0, 0.05) is 24.2 Å². The molecule has 7 nitrogen and oxygen atoms in total. The topological polar surface area (TPSA) is 79.9 Å². The number of carbonyl (C=O) groups excluding carboxylic acids is 2. The monoisotopic (exact) mass is 425 g/mol. The van der Waals surface area contributed by atoms with Crippen molar-refractivity contribution in [1.29, 1.82) is 0 Å². The molecule has 2 amide bonds. The number of benzene rings is 2. The lowest BCUT2D eigenvalue weighted by Gasteiger charge is -2.30. The lowest BCUT2D eigenvalue weighted by atomic mass is 9.96. The first-order valence-electron chi connectivity index (χ1n) is 10.6. The molecule has 1 fully saturated rings. The molecule has 3 rings (SSSR count). The number of methoxy groups -OCH3 is 2. The molecule has 7 heteroatoms. The summed E-state index contributed by atoms with van der Waals surface area (Å²) in [5.74, 6) is 1.23. The second-order valence-electron chi connectivity index (χ2n) is 7.69. The van der Waals surface area contributed by atoms with Gasteiger partial charge in [0.2, 0.25) is 11.8 Å². The molecule has 0 aromatic heterocycles. The molecule has 0 spiro atoms. The minimum Gasteiger partial charge on any atom is -0.493 e. The van der Waals surface area contributed by atoms with Gasteiger partial charge in [-0.2, -0.15) is 0 Å². The van der Waals surface area contributed by atoms with Crippen molar-refractivity contribution in [3.05, 3.63) is 54.1 Å². The van der Waals surface area contributed by atoms with Gasteiger partial charge in [0.05, 0.1) is 20.8 Å². The zero-order valence-corrected chi connectivity index (χ0v) is 18.2. The van der Waals surface area contributed by atoms with E-state index in [9.17, 15) is 9.59 Å². The summed E-state index contributed by atoms with van der Waals surface area (Å²) >= 11 is 0. The van der Waals surface area contributed by atoms with Crippen molar-refractivity contribution in [2.75, 3.05) is 45.7 Å². The average molecular weight is 426 g/mol. The third kappa shape index (κ3) is 6.72. The molecule has 1 aliphatic rings. The summed E-state index contributed by atoms with van der Waals surface area (Å²) in [6.07, 6.45) is 2.36. The van der Waals surface area contributed by atoms with Crippen LogP contribution in [0.25, 0.3) is 0 Å². The molecule has 2 aromatic rings. The summed E-state index contributed by atoms with van der Waals surface area (Å²) in [5, 5.41) is 5.95. The van der Waals surface area contributed by atoms with E-state index in [-0.39, 0.29) is 17.7 Å². The van der Waals surface area contributed by atoms with Crippen molar-refractivity contribution >= 4 is 17.5 Å². The van der Waals surface area contributed by atoms with Crippen LogP contribution in [0.15, 0.2) is 48.5 Å². The van der Waals surface area contributed by atoms with E-state index in [2.05, 4.69) is 27.7 Å². The molecular formula is C24H31N3O4. The maximum atomic E-state index is 12.4. The number of rotatable bonds is 9. The molecule has 1 aliphatic heterocycles. The Morgan fingerprint density at radius 2 is 1.71 bits per heavy atom. The number of carbonyl (C=O) groups is 2. The van der Waals surface area contributed by atoms with Crippen LogP contribution in [0.5, 0.6) is 11.5 Å². The van der Waals surface area contributed by atoms with Gasteiger partial charge in [0.15, 0.2) is 11.5 Å². The molecule has 166 valence electrons. The van der Waals surface area contributed by atoms with E-state index in [1.165, 1.54) is 5.56 Å². The lowest BCUT2D eigenvalue weighted by Crippen LogP contribution is -2.43. The molecule has 1 heterocycles. The number of anilines is 1. The van der Waals surface area contributed by atoms with Gasteiger partial charge in [-0.3, -0.25) is 14.5 Å². The largest absolute Gasteiger partial charge is 0.493 e. The smallest absolute Gasteiger partial charge is 0.238 e. The molecule has 0 bridgehead atoms. The van der Waals surface area contributed by atoms with Gasteiger partial charge in [-0.15, -0.1) is 0 Å². The van der Waals surface area contributed by atoms with E-state index in [0.717, 1.165) is 32.4 Å². The number of ether oxygens (including phenoxy) is 2. The van der Waals surface area contributed by atoms with Gasteiger partial charge in [-0.1, -0.05) is 30.3 Å². The fourth-order valence-corrected chi connectivity index (χ4v) is 3.79. The number of likely N-dealkylation sites (tertiary alicyclic amines) is 1. The zero-order chi connectivity index (χ0) is 22.1. The molecule has 31 heavy (non-hydrogen) atoms. The Balaban J connectivity index is 1.38. The summed E-state index contributed by atoms with van der Waals surface area (Å²) in [6.45, 7) is 2.42. The highest BCUT2D eigenvalue weighted by Gasteiger charge is 2.25. The minimum atomic E-state index is -0.0852. The molecule has 0 radical (unpaired) electrons. The van der Waals surface area contributed by atoms with E-state index >= 15 is 0 Å². The third-order valence-corrected chi connectivity index (χ3v) is 5.55. The number of nitrogens with one attached hydrogen (secondary N) is 2. The molecule has 0 aliphatic carbocycles. The molecule has 2 N–H and O–H groups in total. The number of piperidine rings is 1. The first-order chi connectivity index (χ1) is 15.1.